The Morgan fingerprint density at radius 1 is 0.710 bits per heavy atom. The van der Waals surface area contributed by atoms with E-state index in [9.17, 15) is 71.1 Å². The number of carbonyl (C=O) groups is 2. The van der Waals surface area contributed by atoms with Gasteiger partial charge in [0.2, 0.25) is 5.78 Å². The zero-order chi connectivity index (χ0) is 24.8. The fourth-order valence-electron chi connectivity index (χ4n) is 2.00. The molecule has 0 aliphatic carbocycles. The number of hydrogen-bond acceptors (Lipinski definition) is 2. The SMILES string of the molecule is O=C(CC(=O)C(F)(F)C(F)(F)C(F)(F)C(F)F)c1cc(C(F)(F)F)cc(C(F)(F)F)c1. The van der Waals surface area contributed by atoms with E-state index in [0.717, 1.165) is 0 Å². The van der Waals surface area contributed by atoms with Crippen molar-refractivity contribution in [2.24, 2.45) is 0 Å². The van der Waals surface area contributed by atoms with Gasteiger partial charge in [-0.3, -0.25) is 9.59 Å². The number of hydrogen-bond donors (Lipinski definition) is 0. The summed E-state index contributed by atoms with van der Waals surface area (Å²) in [5.41, 5.74) is -5.98. The highest BCUT2D eigenvalue weighted by Gasteiger charge is 2.77. The topological polar surface area (TPSA) is 34.1 Å². The molecule has 1 rings (SSSR count). The first-order chi connectivity index (χ1) is 13.6. The molecule has 0 saturated carbocycles. The highest BCUT2D eigenvalue weighted by atomic mass is 19.4. The van der Waals surface area contributed by atoms with E-state index >= 15 is 0 Å². The monoisotopic (exact) mass is 484 g/mol. The average Bonchev–Trinajstić information content (AvgIpc) is 2.59. The van der Waals surface area contributed by atoms with Crippen molar-refractivity contribution in [3.8, 4) is 0 Å². The van der Waals surface area contributed by atoms with Gasteiger partial charge in [-0.15, -0.1) is 0 Å². The van der Waals surface area contributed by atoms with Gasteiger partial charge in [0.1, 0.15) is 0 Å². The predicted molar refractivity (Wildman–Crippen MR) is 71.2 cm³/mol. The Kier molecular flexibility index (Phi) is 6.81. The maximum absolute atomic E-state index is 13.4. The van der Waals surface area contributed by atoms with Crippen LogP contribution in [0.15, 0.2) is 18.2 Å². The second-order valence-electron chi connectivity index (χ2n) is 5.89. The van der Waals surface area contributed by atoms with Gasteiger partial charge in [0.15, 0.2) is 5.78 Å². The van der Waals surface area contributed by atoms with E-state index in [1.54, 1.807) is 0 Å². The van der Waals surface area contributed by atoms with E-state index in [4.69, 9.17) is 0 Å². The van der Waals surface area contributed by atoms with Crippen molar-refractivity contribution in [3.05, 3.63) is 34.9 Å². The molecule has 0 saturated heterocycles. The lowest BCUT2D eigenvalue weighted by Crippen LogP contribution is -2.60. The van der Waals surface area contributed by atoms with Gasteiger partial charge in [0.25, 0.3) is 0 Å². The van der Waals surface area contributed by atoms with Crippen LogP contribution in [0.1, 0.15) is 27.9 Å². The maximum Gasteiger partial charge on any atom is 0.416 e. The molecule has 31 heavy (non-hydrogen) atoms. The standard InChI is InChI=1S/C15H6F14O2/c16-10(17)12(20,21)15(28,29)11(18,19)9(31)4-8(30)5-1-6(13(22,23)24)3-7(2-5)14(25,26)27/h1-3,10H,4H2. The quantitative estimate of drug-likeness (QED) is 0.269. The fraction of sp³-hybridized carbons (Fsp3) is 0.467. The molecule has 1 aromatic rings. The molecule has 0 aliphatic rings. The summed E-state index contributed by atoms with van der Waals surface area (Å²) in [4.78, 5) is 23.0. The summed E-state index contributed by atoms with van der Waals surface area (Å²) in [7, 11) is 0. The molecular formula is C15H6F14O2. The summed E-state index contributed by atoms with van der Waals surface area (Å²) in [6.07, 6.45) is -19.0. The van der Waals surface area contributed by atoms with E-state index in [1.165, 1.54) is 0 Å². The second kappa shape index (κ2) is 7.93. The smallest absolute Gasteiger partial charge is 0.294 e. The third-order valence-electron chi connectivity index (χ3n) is 3.67. The van der Waals surface area contributed by atoms with Gasteiger partial charge in [-0.25, -0.2) is 8.78 Å². The van der Waals surface area contributed by atoms with Crippen molar-refractivity contribution in [1.29, 1.82) is 0 Å². The van der Waals surface area contributed by atoms with Crippen molar-refractivity contribution in [1.82, 2.24) is 0 Å². The molecule has 0 heterocycles. The first kappa shape index (κ1) is 26.6. The van der Waals surface area contributed by atoms with Crippen LogP contribution in [0.25, 0.3) is 0 Å². The van der Waals surface area contributed by atoms with Gasteiger partial charge in [0.05, 0.1) is 17.5 Å². The Hall–Kier alpha value is -2.42. The lowest BCUT2D eigenvalue weighted by Gasteiger charge is -2.31. The highest BCUT2D eigenvalue weighted by Crippen LogP contribution is 2.49. The number of halogens is 14. The van der Waals surface area contributed by atoms with E-state index in [1.807, 2.05) is 0 Å². The molecule has 2 nitrogen and oxygen atoms in total. The number of ketones is 2. The number of carbonyl (C=O) groups excluding carboxylic acids is 2. The Balaban J connectivity index is 3.36. The number of benzene rings is 1. The van der Waals surface area contributed by atoms with Crippen LogP contribution in [0, 0.1) is 0 Å². The summed E-state index contributed by atoms with van der Waals surface area (Å²) in [6, 6.07) is -1.17. The fourth-order valence-corrected chi connectivity index (χ4v) is 2.00. The molecule has 0 radical (unpaired) electrons. The Labute approximate surface area is 161 Å². The molecule has 1 aromatic carbocycles. The second-order valence-corrected chi connectivity index (χ2v) is 5.89. The Morgan fingerprint density at radius 2 is 1.10 bits per heavy atom. The van der Waals surface area contributed by atoms with E-state index in [2.05, 4.69) is 0 Å². The van der Waals surface area contributed by atoms with Crippen LogP contribution in [0.5, 0.6) is 0 Å². The van der Waals surface area contributed by atoms with Gasteiger partial charge >= 0.3 is 36.5 Å². The first-order valence-electron chi connectivity index (χ1n) is 7.34. The van der Waals surface area contributed by atoms with Gasteiger partial charge in [0, 0.05) is 5.56 Å². The van der Waals surface area contributed by atoms with E-state index in [0.29, 0.717) is 0 Å². The molecule has 176 valence electrons. The minimum atomic E-state index is -7.05. The molecule has 0 unspecified atom stereocenters. The van der Waals surface area contributed by atoms with Crippen molar-refractivity contribution < 1.29 is 71.1 Å². The summed E-state index contributed by atoms with van der Waals surface area (Å²) in [6.45, 7) is 0. The van der Waals surface area contributed by atoms with E-state index in [-0.39, 0.29) is 12.1 Å². The van der Waals surface area contributed by atoms with Crippen LogP contribution in [0.3, 0.4) is 0 Å². The molecule has 0 spiro atoms. The van der Waals surface area contributed by atoms with Gasteiger partial charge < -0.3 is 0 Å². The molecule has 0 aromatic heterocycles. The predicted octanol–water partition coefficient (Wildman–Crippen LogP) is 6.04. The van der Waals surface area contributed by atoms with Crippen LogP contribution in [0.4, 0.5) is 61.5 Å². The lowest BCUT2D eigenvalue weighted by molar-refractivity contribution is -0.327. The summed E-state index contributed by atoms with van der Waals surface area (Å²) >= 11 is 0. The molecular weight excluding hydrogens is 478 g/mol. The number of rotatable bonds is 7. The highest BCUT2D eigenvalue weighted by molar-refractivity contribution is 6.10. The van der Waals surface area contributed by atoms with Gasteiger partial charge in [-0.2, -0.15) is 52.7 Å². The molecule has 0 aliphatic heterocycles. The average molecular weight is 484 g/mol. The molecule has 16 heteroatoms. The van der Waals surface area contributed by atoms with Crippen molar-refractivity contribution in [2.45, 2.75) is 43.0 Å². The van der Waals surface area contributed by atoms with Crippen molar-refractivity contribution in [2.75, 3.05) is 0 Å². The largest absolute Gasteiger partial charge is 0.416 e. The van der Waals surface area contributed by atoms with Crippen LogP contribution < -0.4 is 0 Å². The first-order valence-corrected chi connectivity index (χ1v) is 7.34. The molecule has 0 atom stereocenters. The van der Waals surface area contributed by atoms with Crippen LogP contribution in [0.2, 0.25) is 0 Å². The lowest BCUT2D eigenvalue weighted by atomic mass is 9.94. The molecule has 0 N–H and O–H groups in total. The van der Waals surface area contributed by atoms with Crippen LogP contribution in [-0.4, -0.2) is 35.8 Å². The number of Topliss-reactive ketones (excluding diaryl/α,β-unsaturated/α-hetero) is 2. The number of alkyl halides is 14. The summed E-state index contributed by atoms with van der Waals surface area (Å²) < 4.78 is 179. The van der Waals surface area contributed by atoms with Crippen molar-refractivity contribution >= 4 is 11.6 Å². The van der Waals surface area contributed by atoms with Crippen LogP contribution in [-0.2, 0) is 17.1 Å². The molecule has 0 amide bonds. The third kappa shape index (κ3) is 5.08. The Bertz CT molecular complexity index is 818. The van der Waals surface area contributed by atoms with Gasteiger partial charge in [-0.1, -0.05) is 0 Å². The zero-order valence-electron chi connectivity index (χ0n) is 14.1. The maximum atomic E-state index is 13.4. The summed E-state index contributed by atoms with van der Waals surface area (Å²) in [5.74, 6) is -26.2. The zero-order valence-corrected chi connectivity index (χ0v) is 14.1. The normalized spacial score (nSPS) is 14.2. The molecule has 0 bridgehead atoms. The minimum Gasteiger partial charge on any atom is -0.294 e. The minimum absolute atomic E-state index is 0.338. The summed E-state index contributed by atoms with van der Waals surface area (Å²) in [5, 5.41) is 0. The Morgan fingerprint density at radius 3 is 1.42 bits per heavy atom. The van der Waals surface area contributed by atoms with E-state index < -0.39 is 77.3 Å². The van der Waals surface area contributed by atoms with Crippen molar-refractivity contribution in [3.63, 3.8) is 0 Å². The van der Waals surface area contributed by atoms with Crippen LogP contribution >= 0.6 is 0 Å². The third-order valence-corrected chi connectivity index (χ3v) is 3.67. The molecule has 0 fully saturated rings. The van der Waals surface area contributed by atoms with Gasteiger partial charge in [-0.05, 0) is 18.2 Å².